The third kappa shape index (κ3) is 1.29. The predicted molar refractivity (Wildman–Crippen MR) is 71.8 cm³/mol. The molecule has 4 aliphatic rings. The van der Waals surface area contributed by atoms with Gasteiger partial charge in [-0.25, -0.2) is 0 Å². The van der Waals surface area contributed by atoms with Gasteiger partial charge in [0, 0.05) is 21.1 Å². The quantitative estimate of drug-likeness (QED) is 0.626. The van der Waals surface area contributed by atoms with Crippen molar-refractivity contribution in [1.29, 1.82) is 0 Å². The first kappa shape index (κ1) is 11.1. The second kappa shape index (κ2) is 3.28. The minimum Gasteiger partial charge on any atom is -0.522 e. The highest BCUT2D eigenvalue weighted by molar-refractivity contribution is 6.75. The lowest BCUT2D eigenvalue weighted by Crippen LogP contribution is -2.71. The summed E-state index contributed by atoms with van der Waals surface area (Å²) in [7, 11) is 7.45. The molecule has 0 radical (unpaired) electrons. The molecule has 0 aromatic rings. The molecule has 2 unspecified atom stereocenters. The topological polar surface area (TPSA) is 0 Å². The Labute approximate surface area is 101 Å². The van der Waals surface area contributed by atoms with Crippen molar-refractivity contribution in [1.82, 2.24) is 0 Å². The van der Waals surface area contributed by atoms with Crippen molar-refractivity contribution in [3.63, 3.8) is 0 Å². The van der Waals surface area contributed by atoms with E-state index in [0.29, 0.717) is 0 Å². The van der Waals surface area contributed by atoms with E-state index in [1.54, 1.807) is 31.9 Å². The Hall–Kier alpha value is 0.0249. The summed E-state index contributed by atoms with van der Waals surface area (Å²) >= 11 is 0. The van der Waals surface area contributed by atoms with Crippen molar-refractivity contribution >= 4 is 6.28 Å². The molecule has 0 aromatic carbocycles. The molecule has 3 saturated heterocycles. The summed E-state index contributed by atoms with van der Waals surface area (Å²) in [6.07, 6.45) is 9.26. The molecule has 5 atom stereocenters. The SMILES string of the molecule is CC[C@@H]1C2C[C@@H]3C[C@H](C2)C[B-]1([N+](C)(C)C)C3. The van der Waals surface area contributed by atoms with Crippen molar-refractivity contribution in [3.8, 4) is 0 Å². The first-order chi connectivity index (χ1) is 7.46. The molecule has 16 heavy (non-hydrogen) atoms. The van der Waals surface area contributed by atoms with Gasteiger partial charge in [0.1, 0.15) is 0 Å². The van der Waals surface area contributed by atoms with Crippen molar-refractivity contribution < 1.29 is 4.39 Å². The maximum Gasteiger partial charge on any atom is 0.212 e. The fraction of sp³-hybridized carbons (Fsp3) is 1.00. The van der Waals surface area contributed by atoms with Crippen LogP contribution in [0.2, 0.25) is 18.5 Å². The van der Waals surface area contributed by atoms with Crippen LogP contribution in [0.4, 0.5) is 0 Å². The summed E-state index contributed by atoms with van der Waals surface area (Å²) in [5, 5.41) is 0. The lowest BCUT2D eigenvalue weighted by Gasteiger charge is -2.70. The van der Waals surface area contributed by atoms with Gasteiger partial charge in [-0.1, -0.05) is 50.4 Å². The number of hydrogen-bond acceptors (Lipinski definition) is 0. The average Bonchev–Trinajstić information content (AvgIpc) is 2.14. The summed E-state index contributed by atoms with van der Waals surface area (Å²) in [4.78, 5) is 0. The molecule has 3 aliphatic heterocycles. The molecule has 1 saturated carbocycles. The second-order valence-electron chi connectivity index (χ2n) is 8.13. The van der Waals surface area contributed by atoms with Gasteiger partial charge in [-0.15, -0.1) is 18.5 Å². The zero-order valence-electron chi connectivity index (χ0n) is 11.6. The van der Waals surface area contributed by atoms with Crippen LogP contribution in [-0.2, 0) is 0 Å². The van der Waals surface area contributed by atoms with Crippen LogP contribution in [0.25, 0.3) is 0 Å². The Morgan fingerprint density at radius 3 is 2.00 bits per heavy atom. The van der Waals surface area contributed by atoms with E-state index in [4.69, 9.17) is 0 Å². The van der Waals surface area contributed by atoms with Gasteiger partial charge in [0.25, 0.3) is 0 Å². The van der Waals surface area contributed by atoms with E-state index in [-0.39, 0.29) is 6.28 Å². The van der Waals surface area contributed by atoms with Crippen LogP contribution >= 0.6 is 0 Å². The molecule has 92 valence electrons. The number of rotatable bonds is 2. The molecule has 4 bridgehead atoms. The first-order valence-electron chi connectivity index (χ1n) is 7.46. The second-order valence-corrected chi connectivity index (χ2v) is 8.13. The van der Waals surface area contributed by atoms with Crippen molar-refractivity contribution in [3.05, 3.63) is 0 Å². The van der Waals surface area contributed by atoms with Crippen LogP contribution < -0.4 is 0 Å². The molecular weight excluding hydrogens is 193 g/mol. The van der Waals surface area contributed by atoms with E-state index >= 15 is 0 Å². The van der Waals surface area contributed by atoms with E-state index in [0.717, 1.165) is 23.6 Å². The first-order valence-corrected chi connectivity index (χ1v) is 7.46. The standard InChI is InChI=1S/C14H28BN/c1-5-14-13-7-11-6-12(8-13)10-15(14,9-11)16(2,3)4/h11-14H,5-10H2,1-4H3/t11-,12+,13?,14-,15?/m1/s1. The zero-order valence-corrected chi connectivity index (χ0v) is 11.6. The van der Waals surface area contributed by atoms with Crippen LogP contribution in [0.15, 0.2) is 0 Å². The molecule has 4 rings (SSSR count). The summed E-state index contributed by atoms with van der Waals surface area (Å²) in [6.45, 7) is 2.45. The van der Waals surface area contributed by atoms with Gasteiger partial charge < -0.3 is 4.39 Å². The van der Waals surface area contributed by atoms with Crippen LogP contribution in [0.1, 0.15) is 32.6 Å². The Morgan fingerprint density at radius 1 is 1.00 bits per heavy atom. The van der Waals surface area contributed by atoms with E-state index < -0.39 is 0 Å². The highest BCUT2D eigenvalue weighted by atomic mass is 15.2. The van der Waals surface area contributed by atoms with E-state index in [1.165, 1.54) is 10.8 Å². The molecule has 4 fully saturated rings. The summed E-state index contributed by atoms with van der Waals surface area (Å²) < 4.78 is 1.28. The van der Waals surface area contributed by atoms with Gasteiger partial charge in [-0.2, -0.15) is 0 Å². The lowest BCUT2D eigenvalue weighted by atomic mass is 9.12. The van der Waals surface area contributed by atoms with Gasteiger partial charge in [-0.05, 0) is 0 Å². The fourth-order valence-electron chi connectivity index (χ4n) is 6.44. The van der Waals surface area contributed by atoms with Gasteiger partial charge >= 0.3 is 0 Å². The van der Waals surface area contributed by atoms with Crippen LogP contribution in [0.5, 0.6) is 0 Å². The van der Waals surface area contributed by atoms with Gasteiger partial charge in [0.2, 0.25) is 6.28 Å². The Morgan fingerprint density at radius 2 is 1.56 bits per heavy atom. The molecule has 1 nitrogen and oxygen atoms in total. The fourth-order valence-corrected chi connectivity index (χ4v) is 6.44. The Bertz CT molecular complexity index is 280. The van der Waals surface area contributed by atoms with Crippen LogP contribution in [0, 0.1) is 17.8 Å². The third-order valence-electron chi connectivity index (χ3n) is 6.84. The monoisotopic (exact) mass is 221 g/mol. The Kier molecular flexibility index (Phi) is 2.28. The normalized spacial score (nSPS) is 51.0. The molecule has 0 spiro atoms. The number of quaternary nitrogens is 1. The highest BCUT2D eigenvalue weighted by Gasteiger charge is 2.59. The van der Waals surface area contributed by atoms with Gasteiger partial charge in [0.05, 0.1) is 0 Å². The molecular formula is C14H28BN. The highest BCUT2D eigenvalue weighted by Crippen LogP contribution is 2.63. The Balaban J connectivity index is 2.01. The summed E-state index contributed by atoms with van der Waals surface area (Å²) in [6, 6.07) is 0. The van der Waals surface area contributed by atoms with E-state index in [9.17, 15) is 0 Å². The maximum atomic E-state index is 2.48. The molecule has 0 amide bonds. The van der Waals surface area contributed by atoms with Gasteiger partial charge in [-0.3, -0.25) is 0 Å². The minimum atomic E-state index is -0.115. The van der Waals surface area contributed by atoms with E-state index in [1.807, 2.05) is 0 Å². The third-order valence-corrected chi connectivity index (χ3v) is 6.84. The van der Waals surface area contributed by atoms with Crippen molar-refractivity contribution in [2.75, 3.05) is 21.1 Å². The van der Waals surface area contributed by atoms with Crippen LogP contribution in [-0.4, -0.2) is 31.8 Å². The molecule has 3 heterocycles. The average molecular weight is 221 g/mol. The maximum absolute atomic E-state index is 2.48. The van der Waals surface area contributed by atoms with Crippen molar-refractivity contribution in [2.24, 2.45) is 17.8 Å². The largest absolute Gasteiger partial charge is 0.522 e. The summed E-state index contributed by atoms with van der Waals surface area (Å²) in [5.74, 6) is 4.40. The minimum absolute atomic E-state index is 0.115. The van der Waals surface area contributed by atoms with E-state index in [2.05, 4.69) is 28.1 Å². The molecule has 1 aliphatic carbocycles. The van der Waals surface area contributed by atoms with Crippen molar-refractivity contribution in [2.45, 2.75) is 51.1 Å². The van der Waals surface area contributed by atoms with Crippen LogP contribution in [0.3, 0.4) is 0 Å². The number of hydrogen-bond donors (Lipinski definition) is 0. The number of nitrogens with zero attached hydrogens (tertiary/aromatic N) is 1. The molecule has 0 aromatic heterocycles. The lowest BCUT2D eigenvalue weighted by molar-refractivity contribution is -0.772. The zero-order chi connectivity index (χ0) is 11.6. The predicted octanol–water partition coefficient (Wildman–Crippen LogP) is 3.48. The summed E-state index contributed by atoms with van der Waals surface area (Å²) in [5.41, 5.74) is 0. The van der Waals surface area contributed by atoms with Gasteiger partial charge in [0.15, 0.2) is 0 Å². The molecule has 0 N–H and O–H groups in total. The smallest absolute Gasteiger partial charge is 0.212 e. The molecule has 2 heteroatoms.